The number of methoxy groups -OCH3 is 1. The van der Waals surface area contributed by atoms with Crippen LogP contribution in [0, 0.1) is 10.1 Å². The number of rotatable bonds is 6. The van der Waals surface area contributed by atoms with Crippen LogP contribution in [0.3, 0.4) is 0 Å². The molecule has 0 aliphatic rings. The van der Waals surface area contributed by atoms with E-state index in [1.54, 1.807) is 0 Å². The van der Waals surface area contributed by atoms with Crippen molar-refractivity contribution in [3.05, 3.63) is 63.2 Å². The third-order valence-electron chi connectivity index (χ3n) is 3.06. The van der Waals surface area contributed by atoms with Gasteiger partial charge in [0, 0.05) is 11.1 Å². The summed E-state index contributed by atoms with van der Waals surface area (Å²) in [6.45, 7) is 0. The Bertz CT molecular complexity index is 932. The van der Waals surface area contributed by atoms with Gasteiger partial charge in [0.1, 0.15) is 5.75 Å². The van der Waals surface area contributed by atoms with Gasteiger partial charge < -0.3 is 4.74 Å². The normalized spacial score (nSPS) is 11.0. The topological polar surface area (TPSA) is 128 Å². The van der Waals surface area contributed by atoms with Gasteiger partial charge in [-0.15, -0.1) is 4.83 Å². The number of nitrogens with one attached hydrogen (secondary N) is 2. The molecule has 0 atom stereocenters. The quantitative estimate of drug-likeness (QED) is 0.577. The summed E-state index contributed by atoms with van der Waals surface area (Å²) < 4.78 is 29.5. The van der Waals surface area contributed by atoms with E-state index in [0.29, 0.717) is 0 Å². The summed E-state index contributed by atoms with van der Waals surface area (Å²) in [5.41, 5.74) is 1.33. The van der Waals surface area contributed by atoms with Crippen molar-refractivity contribution in [1.29, 1.82) is 0 Å². The van der Waals surface area contributed by atoms with Gasteiger partial charge in [-0.1, -0.05) is 23.7 Å². The van der Waals surface area contributed by atoms with Gasteiger partial charge in [0.25, 0.3) is 21.6 Å². The van der Waals surface area contributed by atoms with Crippen LogP contribution in [0.2, 0.25) is 5.02 Å². The maximum absolute atomic E-state index is 12.2. The zero-order chi connectivity index (χ0) is 18.6. The summed E-state index contributed by atoms with van der Waals surface area (Å²) >= 11 is 5.81. The lowest BCUT2D eigenvalue weighted by Crippen LogP contribution is -2.41. The molecular weight excluding hydrogens is 374 g/mol. The molecule has 2 rings (SSSR count). The zero-order valence-electron chi connectivity index (χ0n) is 12.7. The van der Waals surface area contributed by atoms with Crippen molar-refractivity contribution in [2.45, 2.75) is 4.90 Å². The van der Waals surface area contributed by atoms with Crippen LogP contribution in [0.4, 0.5) is 5.69 Å². The lowest BCUT2D eigenvalue weighted by atomic mass is 10.2. The molecule has 0 aromatic heterocycles. The number of nitrogens with zero attached hydrogens (tertiary/aromatic N) is 1. The van der Waals surface area contributed by atoms with Crippen molar-refractivity contribution < 1.29 is 22.9 Å². The summed E-state index contributed by atoms with van der Waals surface area (Å²) in [6.07, 6.45) is 0. The Morgan fingerprint density at radius 1 is 1.24 bits per heavy atom. The number of carbonyl (C=O) groups excluding carboxylic acids is 1. The monoisotopic (exact) mass is 385 g/mol. The molecule has 0 fully saturated rings. The molecule has 0 spiro atoms. The number of hydrazine groups is 1. The molecule has 11 heteroatoms. The predicted octanol–water partition coefficient (Wildman–Crippen LogP) is 1.88. The van der Waals surface area contributed by atoms with Crippen LogP contribution < -0.4 is 15.0 Å². The first-order chi connectivity index (χ1) is 11.8. The number of amides is 1. The second-order valence-corrected chi connectivity index (χ2v) is 6.72. The van der Waals surface area contributed by atoms with E-state index in [-0.39, 0.29) is 16.3 Å². The number of carbonyl (C=O) groups is 1. The fourth-order valence-electron chi connectivity index (χ4n) is 1.93. The summed E-state index contributed by atoms with van der Waals surface area (Å²) in [5.74, 6) is -0.673. The first-order valence-electron chi connectivity index (χ1n) is 6.65. The number of para-hydroxylation sites is 1. The molecule has 25 heavy (non-hydrogen) atoms. The highest BCUT2D eigenvalue weighted by Crippen LogP contribution is 2.24. The van der Waals surface area contributed by atoms with E-state index < -0.39 is 31.4 Å². The van der Waals surface area contributed by atoms with E-state index in [1.165, 1.54) is 37.4 Å². The van der Waals surface area contributed by atoms with Crippen LogP contribution in [0.5, 0.6) is 5.75 Å². The van der Waals surface area contributed by atoms with Gasteiger partial charge in [-0.05, 0) is 24.3 Å². The van der Waals surface area contributed by atoms with E-state index >= 15 is 0 Å². The lowest BCUT2D eigenvalue weighted by molar-refractivity contribution is -0.387. The molecule has 9 nitrogen and oxygen atoms in total. The van der Waals surface area contributed by atoms with Crippen LogP contribution in [0.15, 0.2) is 47.4 Å². The maximum atomic E-state index is 12.2. The van der Waals surface area contributed by atoms with E-state index in [1.807, 2.05) is 10.3 Å². The van der Waals surface area contributed by atoms with Crippen molar-refractivity contribution in [2.75, 3.05) is 7.11 Å². The van der Waals surface area contributed by atoms with Crippen LogP contribution >= 0.6 is 11.6 Å². The highest BCUT2D eigenvalue weighted by atomic mass is 35.5. The molecule has 0 radical (unpaired) electrons. The number of hydrogen-bond acceptors (Lipinski definition) is 6. The molecule has 0 saturated carbocycles. The molecule has 1 amide bonds. The lowest BCUT2D eigenvalue weighted by Gasteiger charge is -2.11. The van der Waals surface area contributed by atoms with Gasteiger partial charge in [0.05, 0.1) is 17.6 Å². The van der Waals surface area contributed by atoms with Gasteiger partial charge in [0.2, 0.25) is 0 Å². The van der Waals surface area contributed by atoms with Gasteiger partial charge in [-0.2, -0.15) is 0 Å². The number of halogens is 1. The highest BCUT2D eigenvalue weighted by Gasteiger charge is 2.26. The van der Waals surface area contributed by atoms with Crippen molar-refractivity contribution in [1.82, 2.24) is 10.3 Å². The Morgan fingerprint density at radius 3 is 2.56 bits per heavy atom. The fourth-order valence-corrected chi connectivity index (χ4v) is 3.11. The largest absolute Gasteiger partial charge is 0.496 e. The summed E-state index contributed by atoms with van der Waals surface area (Å²) in [6, 6.07) is 8.95. The molecular formula is C14H12ClN3O6S. The smallest absolute Gasteiger partial charge is 0.289 e. The van der Waals surface area contributed by atoms with Crippen LogP contribution in [-0.4, -0.2) is 26.4 Å². The fraction of sp³-hybridized carbons (Fsp3) is 0.0714. The Labute approximate surface area is 147 Å². The first kappa shape index (κ1) is 18.6. The van der Waals surface area contributed by atoms with Gasteiger partial charge in [0.15, 0.2) is 4.90 Å². The number of ether oxygens (including phenoxy) is 1. The third-order valence-corrected chi connectivity index (χ3v) is 4.59. The average Bonchev–Trinajstić information content (AvgIpc) is 2.59. The molecule has 0 aliphatic heterocycles. The van der Waals surface area contributed by atoms with Crippen molar-refractivity contribution in [3.8, 4) is 5.75 Å². The van der Waals surface area contributed by atoms with Gasteiger partial charge >= 0.3 is 0 Å². The standard InChI is InChI=1S/C14H12ClN3O6S/c1-24-12-7-6-9(15)8-10(12)14(19)16-17-25(22,23)13-5-3-2-4-11(13)18(20)21/h2-8,17H,1H3,(H,16,19). The maximum Gasteiger partial charge on any atom is 0.289 e. The van der Waals surface area contributed by atoms with E-state index in [0.717, 1.165) is 12.1 Å². The number of benzene rings is 2. The van der Waals surface area contributed by atoms with Crippen LogP contribution in [0.25, 0.3) is 0 Å². The number of nitro groups is 1. The van der Waals surface area contributed by atoms with Crippen molar-refractivity contribution >= 4 is 33.2 Å². The molecule has 2 aromatic carbocycles. The Balaban J connectivity index is 2.25. The summed E-state index contributed by atoms with van der Waals surface area (Å²) in [7, 11) is -3.04. The Morgan fingerprint density at radius 2 is 1.92 bits per heavy atom. The molecule has 132 valence electrons. The van der Waals surface area contributed by atoms with Crippen molar-refractivity contribution in [3.63, 3.8) is 0 Å². The zero-order valence-corrected chi connectivity index (χ0v) is 14.3. The molecule has 0 heterocycles. The average molecular weight is 386 g/mol. The van der Waals surface area contributed by atoms with Crippen molar-refractivity contribution in [2.24, 2.45) is 0 Å². The van der Waals surface area contributed by atoms with E-state index in [2.05, 4.69) is 0 Å². The minimum absolute atomic E-state index is 0.0136. The number of hydrogen-bond donors (Lipinski definition) is 2. The SMILES string of the molecule is COc1ccc(Cl)cc1C(=O)NNS(=O)(=O)c1ccccc1[N+](=O)[O-]. The van der Waals surface area contributed by atoms with E-state index in [4.69, 9.17) is 16.3 Å². The number of sulfonamides is 1. The molecule has 0 aliphatic carbocycles. The van der Waals surface area contributed by atoms with Crippen LogP contribution in [0.1, 0.15) is 10.4 Å². The molecule has 0 bridgehead atoms. The number of nitro benzene ring substituents is 1. The van der Waals surface area contributed by atoms with Gasteiger partial charge in [-0.25, -0.2) is 8.42 Å². The molecule has 2 N–H and O–H groups in total. The third kappa shape index (κ3) is 4.24. The highest BCUT2D eigenvalue weighted by molar-refractivity contribution is 7.89. The van der Waals surface area contributed by atoms with Crippen LogP contribution in [-0.2, 0) is 10.0 Å². The second kappa shape index (κ2) is 7.47. The Kier molecular flexibility index (Phi) is 5.57. The first-order valence-corrected chi connectivity index (χ1v) is 8.51. The summed E-state index contributed by atoms with van der Waals surface area (Å²) in [4.78, 5) is 23.5. The van der Waals surface area contributed by atoms with Gasteiger partial charge in [-0.3, -0.25) is 20.3 Å². The molecule has 0 saturated heterocycles. The second-order valence-electron chi connectivity index (χ2n) is 4.63. The minimum atomic E-state index is -4.37. The molecule has 0 unspecified atom stereocenters. The van der Waals surface area contributed by atoms with E-state index in [9.17, 15) is 23.3 Å². The molecule has 2 aromatic rings. The minimum Gasteiger partial charge on any atom is -0.496 e. The predicted molar refractivity (Wildman–Crippen MR) is 88.9 cm³/mol. The summed E-state index contributed by atoms with van der Waals surface area (Å²) in [5, 5.41) is 11.2. The Hall–Kier alpha value is -2.69.